The van der Waals surface area contributed by atoms with Crippen molar-refractivity contribution < 1.29 is 18.3 Å². The van der Waals surface area contributed by atoms with E-state index >= 15 is 0 Å². The zero-order chi connectivity index (χ0) is 14.7. The molecule has 0 aliphatic carbocycles. The summed E-state index contributed by atoms with van der Waals surface area (Å²) in [5.41, 5.74) is 0.712. The van der Waals surface area contributed by atoms with Gasteiger partial charge < -0.3 is 14.8 Å². The van der Waals surface area contributed by atoms with Gasteiger partial charge in [0.25, 0.3) is 0 Å². The predicted molar refractivity (Wildman–Crippen MR) is 75.0 cm³/mol. The van der Waals surface area contributed by atoms with Crippen molar-refractivity contribution in [2.24, 2.45) is 0 Å². The van der Waals surface area contributed by atoms with Crippen LogP contribution in [0.15, 0.2) is 18.2 Å². The van der Waals surface area contributed by atoms with Gasteiger partial charge >= 0.3 is 0 Å². The number of benzene rings is 1. The zero-order valence-electron chi connectivity index (χ0n) is 12.0. The lowest BCUT2D eigenvalue weighted by Gasteiger charge is -2.43. The average Bonchev–Trinajstić information content (AvgIpc) is 2.49. The first-order valence-electron chi connectivity index (χ1n) is 7.56. The Morgan fingerprint density at radius 2 is 1.95 bits per heavy atom. The first kappa shape index (κ1) is 14.9. The van der Waals surface area contributed by atoms with E-state index in [1.807, 2.05) is 0 Å². The van der Waals surface area contributed by atoms with Gasteiger partial charge in [0.2, 0.25) is 0 Å². The minimum absolute atomic E-state index is 0.0534. The van der Waals surface area contributed by atoms with Crippen LogP contribution < -0.4 is 5.32 Å². The number of halogens is 2. The Labute approximate surface area is 123 Å². The molecule has 1 unspecified atom stereocenters. The summed E-state index contributed by atoms with van der Waals surface area (Å²) in [7, 11) is 0. The number of nitrogens with one attached hydrogen (secondary N) is 1. The Balaban J connectivity index is 1.56. The van der Waals surface area contributed by atoms with Crippen LogP contribution in [0.4, 0.5) is 8.78 Å². The highest BCUT2D eigenvalue weighted by Gasteiger charge is 2.38. The monoisotopic (exact) mass is 297 g/mol. The fraction of sp³-hybridized carbons (Fsp3) is 0.625. The van der Waals surface area contributed by atoms with Gasteiger partial charge in [-0.1, -0.05) is 6.07 Å². The molecule has 116 valence electrons. The Bertz CT molecular complexity index is 484. The number of ether oxygens (including phenoxy) is 2. The number of hydrogen-bond donors (Lipinski definition) is 1. The van der Waals surface area contributed by atoms with Crippen molar-refractivity contribution in [3.8, 4) is 0 Å². The Hall–Kier alpha value is -1.04. The highest BCUT2D eigenvalue weighted by atomic mass is 19.2. The van der Waals surface area contributed by atoms with Gasteiger partial charge in [-0.2, -0.15) is 0 Å². The molecule has 2 saturated heterocycles. The summed E-state index contributed by atoms with van der Waals surface area (Å²) in [5, 5.41) is 3.45. The Morgan fingerprint density at radius 3 is 2.71 bits per heavy atom. The molecule has 1 aromatic rings. The van der Waals surface area contributed by atoms with Crippen molar-refractivity contribution in [3.63, 3.8) is 0 Å². The van der Waals surface area contributed by atoms with Crippen LogP contribution in [-0.2, 0) is 16.0 Å². The van der Waals surface area contributed by atoms with E-state index in [4.69, 9.17) is 9.47 Å². The fourth-order valence-electron chi connectivity index (χ4n) is 3.21. The van der Waals surface area contributed by atoms with Crippen LogP contribution in [0.2, 0.25) is 0 Å². The van der Waals surface area contributed by atoms with Gasteiger partial charge in [0.15, 0.2) is 11.6 Å². The molecule has 2 fully saturated rings. The average molecular weight is 297 g/mol. The summed E-state index contributed by atoms with van der Waals surface area (Å²) in [6.07, 6.45) is 3.79. The van der Waals surface area contributed by atoms with E-state index < -0.39 is 11.6 Å². The zero-order valence-corrected chi connectivity index (χ0v) is 12.0. The standard InChI is InChI=1S/C16H21F2NO2/c17-14-2-1-12(9-15(14)18)11-19-13-3-6-21-16(10-13)4-7-20-8-5-16/h1-2,9,13,19H,3-8,10-11H2. The number of rotatable bonds is 3. The molecule has 1 atom stereocenters. The van der Waals surface area contributed by atoms with E-state index in [1.165, 1.54) is 12.1 Å². The lowest BCUT2D eigenvalue weighted by molar-refractivity contribution is -0.140. The van der Waals surface area contributed by atoms with Gasteiger partial charge in [-0.15, -0.1) is 0 Å². The molecule has 2 aliphatic heterocycles. The molecule has 2 heterocycles. The molecule has 21 heavy (non-hydrogen) atoms. The summed E-state index contributed by atoms with van der Waals surface area (Å²) in [4.78, 5) is 0. The maximum atomic E-state index is 13.2. The molecule has 1 spiro atoms. The van der Waals surface area contributed by atoms with E-state index in [1.54, 1.807) is 6.07 Å². The van der Waals surface area contributed by atoms with E-state index in [0.29, 0.717) is 12.6 Å². The van der Waals surface area contributed by atoms with Gasteiger partial charge in [0, 0.05) is 32.4 Å². The molecule has 0 saturated carbocycles. The number of hydrogen-bond acceptors (Lipinski definition) is 3. The van der Waals surface area contributed by atoms with Crippen molar-refractivity contribution >= 4 is 0 Å². The molecule has 0 radical (unpaired) electrons. The molecule has 1 aromatic carbocycles. The molecular formula is C16H21F2NO2. The highest BCUT2D eigenvalue weighted by Crippen LogP contribution is 2.34. The van der Waals surface area contributed by atoms with E-state index in [2.05, 4.69) is 5.32 Å². The summed E-state index contributed by atoms with van der Waals surface area (Å²) in [6, 6.07) is 4.40. The smallest absolute Gasteiger partial charge is 0.159 e. The van der Waals surface area contributed by atoms with Crippen molar-refractivity contribution in [3.05, 3.63) is 35.4 Å². The van der Waals surface area contributed by atoms with Crippen molar-refractivity contribution in [1.29, 1.82) is 0 Å². The van der Waals surface area contributed by atoms with Crippen LogP contribution in [0.3, 0.4) is 0 Å². The van der Waals surface area contributed by atoms with Crippen LogP contribution in [0.25, 0.3) is 0 Å². The highest BCUT2D eigenvalue weighted by molar-refractivity contribution is 5.17. The maximum absolute atomic E-state index is 13.2. The van der Waals surface area contributed by atoms with Crippen LogP contribution >= 0.6 is 0 Å². The lowest BCUT2D eigenvalue weighted by atomic mass is 9.84. The third-order valence-electron chi connectivity index (χ3n) is 4.48. The van der Waals surface area contributed by atoms with E-state index in [9.17, 15) is 8.78 Å². The van der Waals surface area contributed by atoms with Crippen molar-refractivity contribution in [2.75, 3.05) is 19.8 Å². The molecule has 0 bridgehead atoms. The van der Waals surface area contributed by atoms with Crippen LogP contribution in [0.1, 0.15) is 31.2 Å². The van der Waals surface area contributed by atoms with Gasteiger partial charge in [0.05, 0.1) is 5.60 Å². The third-order valence-corrected chi connectivity index (χ3v) is 4.48. The second kappa shape index (κ2) is 6.38. The van der Waals surface area contributed by atoms with Gasteiger partial charge in [-0.3, -0.25) is 0 Å². The van der Waals surface area contributed by atoms with E-state index in [-0.39, 0.29) is 5.60 Å². The van der Waals surface area contributed by atoms with Crippen molar-refractivity contribution in [1.82, 2.24) is 5.32 Å². The van der Waals surface area contributed by atoms with Crippen LogP contribution in [0, 0.1) is 11.6 Å². The van der Waals surface area contributed by atoms with Gasteiger partial charge in [-0.05, 0) is 43.4 Å². The molecule has 0 amide bonds. The first-order valence-corrected chi connectivity index (χ1v) is 7.56. The summed E-state index contributed by atoms with van der Waals surface area (Å²) in [6.45, 7) is 2.82. The lowest BCUT2D eigenvalue weighted by Crippen LogP contribution is -2.49. The maximum Gasteiger partial charge on any atom is 0.159 e. The fourth-order valence-corrected chi connectivity index (χ4v) is 3.21. The predicted octanol–water partition coefficient (Wildman–Crippen LogP) is 2.78. The summed E-state index contributed by atoms with van der Waals surface area (Å²) >= 11 is 0. The van der Waals surface area contributed by atoms with Crippen LogP contribution in [-0.4, -0.2) is 31.5 Å². The van der Waals surface area contributed by atoms with Crippen LogP contribution in [0.5, 0.6) is 0 Å². The molecule has 3 nitrogen and oxygen atoms in total. The minimum Gasteiger partial charge on any atom is -0.381 e. The largest absolute Gasteiger partial charge is 0.381 e. The Kier molecular flexibility index (Phi) is 4.52. The van der Waals surface area contributed by atoms with Gasteiger partial charge in [-0.25, -0.2) is 8.78 Å². The normalized spacial score (nSPS) is 25.1. The topological polar surface area (TPSA) is 30.5 Å². The van der Waals surface area contributed by atoms with Crippen molar-refractivity contribution in [2.45, 2.75) is 43.9 Å². The summed E-state index contributed by atoms with van der Waals surface area (Å²) in [5.74, 6) is -1.59. The molecule has 0 aromatic heterocycles. The second-order valence-electron chi connectivity index (χ2n) is 5.96. The minimum atomic E-state index is -0.800. The second-order valence-corrected chi connectivity index (χ2v) is 5.96. The van der Waals surface area contributed by atoms with Gasteiger partial charge in [0.1, 0.15) is 0 Å². The quantitative estimate of drug-likeness (QED) is 0.930. The molecule has 2 aliphatic rings. The summed E-state index contributed by atoms with van der Waals surface area (Å²) < 4.78 is 37.5. The SMILES string of the molecule is Fc1ccc(CNC2CCOC3(CCOCC3)C2)cc1F. The molecule has 5 heteroatoms. The Morgan fingerprint density at radius 1 is 1.14 bits per heavy atom. The molecular weight excluding hydrogens is 276 g/mol. The molecule has 1 N–H and O–H groups in total. The third kappa shape index (κ3) is 3.59. The molecule has 3 rings (SSSR count). The first-order chi connectivity index (χ1) is 10.2. The van der Waals surface area contributed by atoms with E-state index in [0.717, 1.165) is 51.1 Å².